The molecular formula is C22H24N2O2. The lowest BCUT2D eigenvalue weighted by molar-refractivity contribution is -0.130. The van der Waals surface area contributed by atoms with Gasteiger partial charge < -0.3 is 9.80 Å². The third-order valence-electron chi connectivity index (χ3n) is 4.04. The fourth-order valence-corrected chi connectivity index (χ4v) is 2.64. The zero-order chi connectivity index (χ0) is 18.8. The van der Waals surface area contributed by atoms with Gasteiger partial charge in [0.1, 0.15) is 0 Å². The van der Waals surface area contributed by atoms with E-state index in [4.69, 9.17) is 0 Å². The van der Waals surface area contributed by atoms with Gasteiger partial charge in [-0.1, -0.05) is 73.8 Å². The van der Waals surface area contributed by atoms with E-state index in [1.165, 1.54) is 12.2 Å². The van der Waals surface area contributed by atoms with Gasteiger partial charge in [0.25, 0.3) is 0 Å². The minimum absolute atomic E-state index is 0.153. The van der Waals surface area contributed by atoms with Crippen molar-refractivity contribution < 1.29 is 9.59 Å². The SMILES string of the molecule is C=CC(=O)N(CCN(Cc1ccccc1)C(=O)C=C)Cc1ccccc1. The molecule has 0 N–H and O–H groups in total. The van der Waals surface area contributed by atoms with Gasteiger partial charge in [0.2, 0.25) is 11.8 Å². The van der Waals surface area contributed by atoms with Gasteiger partial charge in [0.15, 0.2) is 0 Å². The van der Waals surface area contributed by atoms with Gasteiger partial charge >= 0.3 is 0 Å². The van der Waals surface area contributed by atoms with Gasteiger partial charge in [-0.05, 0) is 23.3 Å². The summed E-state index contributed by atoms with van der Waals surface area (Å²) in [6.07, 6.45) is 2.61. The molecular weight excluding hydrogens is 324 g/mol. The van der Waals surface area contributed by atoms with Crippen molar-refractivity contribution in [1.29, 1.82) is 0 Å². The summed E-state index contributed by atoms with van der Waals surface area (Å²) in [4.78, 5) is 27.8. The van der Waals surface area contributed by atoms with E-state index in [2.05, 4.69) is 13.2 Å². The second kappa shape index (κ2) is 9.99. The molecule has 0 aliphatic carbocycles. The lowest BCUT2D eigenvalue weighted by Gasteiger charge is -2.27. The lowest BCUT2D eigenvalue weighted by atomic mass is 10.2. The van der Waals surface area contributed by atoms with Crippen LogP contribution in [0.1, 0.15) is 11.1 Å². The molecule has 134 valence electrons. The van der Waals surface area contributed by atoms with Gasteiger partial charge in [-0.25, -0.2) is 0 Å². The van der Waals surface area contributed by atoms with E-state index in [-0.39, 0.29) is 11.8 Å². The van der Waals surface area contributed by atoms with Crippen LogP contribution in [0.25, 0.3) is 0 Å². The van der Waals surface area contributed by atoms with Crippen molar-refractivity contribution in [3.05, 3.63) is 97.1 Å². The van der Waals surface area contributed by atoms with Crippen LogP contribution in [0.3, 0.4) is 0 Å². The number of carbonyl (C=O) groups excluding carboxylic acids is 2. The standard InChI is InChI=1S/C22H24N2O2/c1-3-21(25)23(17-19-11-7-5-8-12-19)15-16-24(22(26)4-2)18-20-13-9-6-10-14-20/h3-14H,1-2,15-18H2. The molecule has 2 aromatic rings. The van der Waals surface area contributed by atoms with E-state index in [9.17, 15) is 9.59 Å². The van der Waals surface area contributed by atoms with E-state index in [1.54, 1.807) is 9.80 Å². The summed E-state index contributed by atoms with van der Waals surface area (Å²) in [5.74, 6) is -0.306. The van der Waals surface area contributed by atoms with Crippen LogP contribution >= 0.6 is 0 Å². The van der Waals surface area contributed by atoms with Crippen LogP contribution in [-0.4, -0.2) is 34.7 Å². The Bertz CT molecular complexity index is 676. The molecule has 2 aromatic carbocycles. The molecule has 4 heteroatoms. The van der Waals surface area contributed by atoms with Crippen LogP contribution in [0.2, 0.25) is 0 Å². The average Bonchev–Trinajstić information content (AvgIpc) is 2.70. The molecule has 2 rings (SSSR count). The zero-order valence-electron chi connectivity index (χ0n) is 14.9. The third-order valence-corrected chi connectivity index (χ3v) is 4.04. The Kier molecular flexibility index (Phi) is 7.37. The van der Waals surface area contributed by atoms with Crippen molar-refractivity contribution in [1.82, 2.24) is 9.80 Å². The van der Waals surface area contributed by atoms with Crippen molar-refractivity contribution in [3.63, 3.8) is 0 Å². The normalized spacial score (nSPS) is 10.0. The van der Waals surface area contributed by atoms with Crippen molar-refractivity contribution >= 4 is 11.8 Å². The lowest BCUT2D eigenvalue weighted by Crippen LogP contribution is -2.39. The van der Waals surface area contributed by atoms with Crippen molar-refractivity contribution in [2.24, 2.45) is 0 Å². The Hall–Kier alpha value is -3.14. The molecule has 0 bridgehead atoms. The number of hydrogen-bond acceptors (Lipinski definition) is 2. The first-order valence-corrected chi connectivity index (χ1v) is 8.54. The van der Waals surface area contributed by atoms with Crippen LogP contribution in [0, 0.1) is 0 Å². The molecule has 0 radical (unpaired) electrons. The Morgan fingerprint density at radius 2 is 1.04 bits per heavy atom. The van der Waals surface area contributed by atoms with E-state index in [1.807, 2.05) is 60.7 Å². The second-order valence-corrected chi connectivity index (χ2v) is 5.90. The highest BCUT2D eigenvalue weighted by Gasteiger charge is 2.16. The highest BCUT2D eigenvalue weighted by Crippen LogP contribution is 2.09. The number of rotatable bonds is 9. The molecule has 4 nitrogen and oxygen atoms in total. The molecule has 0 saturated carbocycles. The Labute approximate surface area is 155 Å². The van der Waals surface area contributed by atoms with Gasteiger partial charge in [-0.3, -0.25) is 9.59 Å². The maximum Gasteiger partial charge on any atom is 0.246 e. The first-order valence-electron chi connectivity index (χ1n) is 8.54. The molecule has 0 spiro atoms. The summed E-state index contributed by atoms with van der Waals surface area (Å²) >= 11 is 0. The highest BCUT2D eigenvalue weighted by atomic mass is 16.2. The van der Waals surface area contributed by atoms with Crippen LogP contribution < -0.4 is 0 Å². The molecule has 26 heavy (non-hydrogen) atoms. The van der Waals surface area contributed by atoms with Crippen LogP contribution in [0.15, 0.2) is 86.0 Å². The number of hydrogen-bond donors (Lipinski definition) is 0. The summed E-state index contributed by atoms with van der Waals surface area (Å²) in [7, 11) is 0. The third kappa shape index (κ3) is 5.74. The highest BCUT2D eigenvalue weighted by molar-refractivity contribution is 5.88. The fraction of sp³-hybridized carbons (Fsp3) is 0.182. The minimum atomic E-state index is -0.153. The van der Waals surface area contributed by atoms with Crippen LogP contribution in [0.5, 0.6) is 0 Å². The molecule has 0 atom stereocenters. The summed E-state index contributed by atoms with van der Waals surface area (Å²) < 4.78 is 0. The first-order chi connectivity index (χ1) is 12.6. The van der Waals surface area contributed by atoms with Crippen molar-refractivity contribution in [3.8, 4) is 0 Å². The van der Waals surface area contributed by atoms with Crippen LogP contribution in [-0.2, 0) is 22.7 Å². The molecule has 0 aromatic heterocycles. The summed E-state index contributed by atoms with van der Waals surface area (Å²) in [5, 5.41) is 0. The Morgan fingerprint density at radius 3 is 1.35 bits per heavy atom. The number of benzene rings is 2. The predicted molar refractivity (Wildman–Crippen MR) is 104 cm³/mol. The van der Waals surface area contributed by atoms with Gasteiger partial charge in [-0.2, -0.15) is 0 Å². The van der Waals surface area contributed by atoms with Gasteiger partial charge in [-0.15, -0.1) is 0 Å². The Morgan fingerprint density at radius 1 is 0.692 bits per heavy atom. The number of nitrogens with zero attached hydrogens (tertiary/aromatic N) is 2. The molecule has 0 unspecified atom stereocenters. The monoisotopic (exact) mass is 348 g/mol. The second-order valence-electron chi connectivity index (χ2n) is 5.90. The van der Waals surface area contributed by atoms with Crippen molar-refractivity contribution in [2.45, 2.75) is 13.1 Å². The fourth-order valence-electron chi connectivity index (χ4n) is 2.64. The molecule has 0 fully saturated rings. The molecule has 0 aliphatic heterocycles. The van der Waals surface area contributed by atoms with E-state index in [0.29, 0.717) is 26.2 Å². The van der Waals surface area contributed by atoms with E-state index >= 15 is 0 Å². The van der Waals surface area contributed by atoms with Crippen LogP contribution in [0.4, 0.5) is 0 Å². The maximum absolute atomic E-state index is 12.2. The van der Waals surface area contributed by atoms with E-state index in [0.717, 1.165) is 11.1 Å². The maximum atomic E-state index is 12.2. The molecule has 0 saturated heterocycles. The first kappa shape index (κ1) is 19.2. The molecule has 0 aliphatic rings. The van der Waals surface area contributed by atoms with E-state index < -0.39 is 0 Å². The van der Waals surface area contributed by atoms with Gasteiger partial charge in [0.05, 0.1) is 0 Å². The Balaban J connectivity index is 2.06. The quantitative estimate of drug-likeness (QED) is 0.652. The minimum Gasteiger partial charge on any atom is -0.333 e. The summed E-state index contributed by atoms with van der Waals surface area (Å²) in [6.45, 7) is 8.97. The number of carbonyl (C=O) groups is 2. The molecule has 2 amide bonds. The van der Waals surface area contributed by atoms with Crippen molar-refractivity contribution in [2.75, 3.05) is 13.1 Å². The smallest absolute Gasteiger partial charge is 0.246 e. The topological polar surface area (TPSA) is 40.6 Å². The summed E-state index contributed by atoms with van der Waals surface area (Å²) in [6, 6.07) is 19.5. The molecule has 0 heterocycles. The summed E-state index contributed by atoms with van der Waals surface area (Å²) in [5.41, 5.74) is 2.07. The predicted octanol–water partition coefficient (Wildman–Crippen LogP) is 3.42. The zero-order valence-corrected chi connectivity index (χ0v) is 14.9. The van der Waals surface area contributed by atoms with Gasteiger partial charge in [0, 0.05) is 26.2 Å². The average molecular weight is 348 g/mol. The number of amides is 2. The largest absolute Gasteiger partial charge is 0.333 e.